The molecule has 2 aromatic heterocycles. The van der Waals surface area contributed by atoms with E-state index in [1.165, 1.54) is 12.1 Å². The summed E-state index contributed by atoms with van der Waals surface area (Å²) < 4.78 is 20.2. The lowest BCUT2D eigenvalue weighted by atomic mass is 9.89. The molecule has 1 amide bonds. The second-order valence-corrected chi connectivity index (χ2v) is 7.48. The van der Waals surface area contributed by atoms with Crippen LogP contribution in [0.4, 0.5) is 4.39 Å². The fourth-order valence-corrected chi connectivity index (χ4v) is 2.70. The molecule has 1 aromatic carbocycles. The first-order valence-electron chi connectivity index (χ1n) is 8.59. The molecule has 0 aliphatic heterocycles. The maximum absolute atomic E-state index is 13.4. The lowest BCUT2D eigenvalue weighted by molar-refractivity contribution is 0.0930. The molecule has 0 saturated heterocycles. The molecule has 0 bridgehead atoms. The third-order valence-electron chi connectivity index (χ3n) is 4.03. The summed E-state index contributed by atoms with van der Waals surface area (Å²) >= 11 is 0. The van der Waals surface area contributed by atoms with E-state index in [4.69, 9.17) is 4.52 Å². The van der Waals surface area contributed by atoms with Crippen LogP contribution < -0.4 is 5.32 Å². The number of carbonyl (C=O) groups is 1. The summed E-state index contributed by atoms with van der Waals surface area (Å²) in [6, 6.07) is 5.41. The molecule has 0 aliphatic carbocycles. The number of hydrogen-bond donors (Lipinski definition) is 1. The van der Waals surface area contributed by atoms with Crippen molar-refractivity contribution in [2.45, 2.75) is 39.2 Å². The first-order chi connectivity index (χ1) is 12.6. The monoisotopic (exact) mass is 371 g/mol. The SMILES string of the molecule is C[C@H](NC(=O)c1cn(C)nc1C(C)(C)C)c1nc(-c2cccc(F)c2)no1. The summed E-state index contributed by atoms with van der Waals surface area (Å²) in [4.78, 5) is 17.0. The van der Waals surface area contributed by atoms with Crippen molar-refractivity contribution in [2.24, 2.45) is 7.05 Å². The number of carbonyl (C=O) groups excluding carboxylic acids is 1. The molecule has 27 heavy (non-hydrogen) atoms. The number of benzene rings is 1. The highest BCUT2D eigenvalue weighted by atomic mass is 19.1. The second-order valence-electron chi connectivity index (χ2n) is 7.48. The van der Waals surface area contributed by atoms with E-state index in [0.717, 1.165) is 0 Å². The zero-order valence-corrected chi connectivity index (χ0v) is 15.9. The topological polar surface area (TPSA) is 85.8 Å². The standard InChI is InChI=1S/C19H22FN5O2/c1-11(18-22-16(24-27-18)12-7-6-8-13(20)9-12)21-17(26)14-10-25(5)23-15(14)19(2,3)4/h6-11H,1-5H3,(H,21,26)/t11-/m0/s1. The molecule has 0 aliphatic rings. The van der Waals surface area contributed by atoms with Gasteiger partial charge >= 0.3 is 0 Å². The van der Waals surface area contributed by atoms with Crippen molar-refractivity contribution in [1.29, 1.82) is 0 Å². The molecular formula is C19H22FN5O2. The fraction of sp³-hybridized carbons (Fsp3) is 0.368. The van der Waals surface area contributed by atoms with Gasteiger partial charge in [-0.05, 0) is 19.1 Å². The summed E-state index contributed by atoms with van der Waals surface area (Å²) in [6.45, 7) is 7.74. The van der Waals surface area contributed by atoms with Gasteiger partial charge in [-0.25, -0.2) is 4.39 Å². The predicted molar refractivity (Wildman–Crippen MR) is 97.5 cm³/mol. The number of amides is 1. The molecule has 2 heterocycles. The minimum absolute atomic E-state index is 0.240. The van der Waals surface area contributed by atoms with E-state index < -0.39 is 6.04 Å². The van der Waals surface area contributed by atoms with Gasteiger partial charge < -0.3 is 9.84 Å². The zero-order chi connectivity index (χ0) is 19.8. The van der Waals surface area contributed by atoms with Crippen molar-refractivity contribution in [2.75, 3.05) is 0 Å². The Balaban J connectivity index is 1.78. The van der Waals surface area contributed by atoms with Crippen molar-refractivity contribution in [1.82, 2.24) is 25.2 Å². The Morgan fingerprint density at radius 3 is 2.74 bits per heavy atom. The summed E-state index contributed by atoms with van der Waals surface area (Å²) in [5, 5.41) is 11.1. The van der Waals surface area contributed by atoms with Gasteiger partial charge in [0.1, 0.15) is 11.9 Å². The average molecular weight is 371 g/mol. The first-order valence-corrected chi connectivity index (χ1v) is 8.59. The maximum atomic E-state index is 13.4. The van der Waals surface area contributed by atoms with E-state index in [1.54, 1.807) is 37.0 Å². The van der Waals surface area contributed by atoms with Crippen molar-refractivity contribution in [3.05, 3.63) is 53.4 Å². The fourth-order valence-electron chi connectivity index (χ4n) is 2.70. The van der Waals surface area contributed by atoms with Crippen LogP contribution in [0.2, 0.25) is 0 Å². The van der Waals surface area contributed by atoms with Crippen LogP contribution in [0.15, 0.2) is 35.0 Å². The summed E-state index contributed by atoms with van der Waals surface area (Å²) in [5.41, 5.74) is 1.44. The minimum atomic E-state index is -0.514. The summed E-state index contributed by atoms with van der Waals surface area (Å²) in [7, 11) is 1.78. The third kappa shape index (κ3) is 4.05. The Bertz CT molecular complexity index is 971. The predicted octanol–water partition coefficient (Wildman–Crippen LogP) is 3.40. The maximum Gasteiger partial charge on any atom is 0.255 e. The molecular weight excluding hydrogens is 349 g/mol. The van der Waals surface area contributed by atoms with Crippen molar-refractivity contribution < 1.29 is 13.7 Å². The van der Waals surface area contributed by atoms with Crippen LogP contribution in [0.5, 0.6) is 0 Å². The van der Waals surface area contributed by atoms with Gasteiger partial charge in [0.05, 0.1) is 11.3 Å². The quantitative estimate of drug-likeness (QED) is 0.760. The second kappa shape index (κ2) is 6.94. The van der Waals surface area contributed by atoms with E-state index in [-0.39, 0.29) is 28.9 Å². The van der Waals surface area contributed by atoms with Gasteiger partial charge in [0.2, 0.25) is 11.7 Å². The lowest BCUT2D eigenvalue weighted by Gasteiger charge is -2.17. The molecule has 3 aromatic rings. The van der Waals surface area contributed by atoms with Crippen LogP contribution in [0.1, 0.15) is 55.7 Å². The minimum Gasteiger partial charge on any atom is -0.340 e. The Morgan fingerprint density at radius 1 is 1.33 bits per heavy atom. The van der Waals surface area contributed by atoms with Crippen molar-refractivity contribution in [3.63, 3.8) is 0 Å². The number of halogens is 1. The normalized spacial score (nSPS) is 12.8. The molecule has 0 unspecified atom stereocenters. The highest BCUT2D eigenvalue weighted by Crippen LogP contribution is 2.25. The van der Waals surface area contributed by atoms with Crippen LogP contribution >= 0.6 is 0 Å². The molecule has 0 radical (unpaired) electrons. The largest absolute Gasteiger partial charge is 0.340 e. The van der Waals surface area contributed by atoms with Gasteiger partial charge in [0.15, 0.2) is 0 Å². The molecule has 0 fully saturated rings. The number of rotatable bonds is 4. The first kappa shape index (κ1) is 18.8. The van der Waals surface area contributed by atoms with Gasteiger partial charge in [-0.1, -0.05) is 38.1 Å². The van der Waals surface area contributed by atoms with Gasteiger partial charge in [-0.3, -0.25) is 9.48 Å². The smallest absolute Gasteiger partial charge is 0.255 e. The van der Waals surface area contributed by atoms with Crippen LogP contribution in [0.25, 0.3) is 11.4 Å². The molecule has 8 heteroatoms. The van der Waals surface area contributed by atoms with E-state index >= 15 is 0 Å². The number of nitrogens with zero attached hydrogens (tertiary/aromatic N) is 4. The van der Waals surface area contributed by atoms with Crippen molar-refractivity contribution in [3.8, 4) is 11.4 Å². The van der Waals surface area contributed by atoms with Crippen LogP contribution in [0.3, 0.4) is 0 Å². The summed E-state index contributed by atoms with van der Waals surface area (Å²) in [6.07, 6.45) is 1.69. The zero-order valence-electron chi connectivity index (χ0n) is 15.9. The van der Waals surface area contributed by atoms with Gasteiger partial charge in [0, 0.05) is 24.2 Å². The van der Waals surface area contributed by atoms with Crippen molar-refractivity contribution >= 4 is 5.91 Å². The molecule has 7 nitrogen and oxygen atoms in total. The third-order valence-corrected chi connectivity index (χ3v) is 4.03. The lowest BCUT2D eigenvalue weighted by Crippen LogP contribution is -2.29. The number of aryl methyl sites for hydroxylation is 1. The van der Waals surface area contributed by atoms with Crippen LogP contribution in [0, 0.1) is 5.82 Å². The van der Waals surface area contributed by atoms with E-state index in [0.29, 0.717) is 16.8 Å². The van der Waals surface area contributed by atoms with Gasteiger partial charge in [-0.15, -0.1) is 0 Å². The van der Waals surface area contributed by atoms with E-state index in [1.807, 2.05) is 20.8 Å². The average Bonchev–Trinajstić information content (AvgIpc) is 3.21. The Morgan fingerprint density at radius 2 is 2.07 bits per heavy atom. The Labute approximate surface area is 156 Å². The van der Waals surface area contributed by atoms with Gasteiger partial charge in [-0.2, -0.15) is 10.1 Å². The highest BCUT2D eigenvalue weighted by Gasteiger charge is 2.27. The molecule has 0 saturated carbocycles. The Hall–Kier alpha value is -3.03. The number of hydrogen-bond acceptors (Lipinski definition) is 5. The van der Waals surface area contributed by atoms with Crippen LogP contribution in [-0.2, 0) is 12.5 Å². The summed E-state index contributed by atoms with van der Waals surface area (Å²) in [5.74, 6) is -0.149. The Kier molecular flexibility index (Phi) is 4.82. The van der Waals surface area contributed by atoms with E-state index in [9.17, 15) is 9.18 Å². The number of aromatic nitrogens is 4. The highest BCUT2D eigenvalue weighted by molar-refractivity contribution is 5.95. The van der Waals surface area contributed by atoms with Crippen LogP contribution in [-0.4, -0.2) is 25.8 Å². The van der Waals surface area contributed by atoms with E-state index in [2.05, 4.69) is 20.6 Å². The number of nitrogens with one attached hydrogen (secondary N) is 1. The molecule has 142 valence electrons. The molecule has 1 N–H and O–H groups in total. The molecule has 0 spiro atoms. The molecule has 3 rings (SSSR count). The van der Waals surface area contributed by atoms with Gasteiger partial charge in [0.25, 0.3) is 5.91 Å². The molecule has 1 atom stereocenters.